The summed E-state index contributed by atoms with van der Waals surface area (Å²) in [5, 5.41) is 17.8. The van der Waals surface area contributed by atoms with Gasteiger partial charge in [0.1, 0.15) is 6.17 Å². The van der Waals surface area contributed by atoms with Gasteiger partial charge in [0.2, 0.25) is 0 Å². The molecule has 4 unspecified atom stereocenters. The molecule has 34 heavy (non-hydrogen) atoms. The number of alkyl halides is 2. The fourth-order valence-corrected chi connectivity index (χ4v) is 6.98. The first-order valence-electron chi connectivity index (χ1n) is 11.5. The van der Waals surface area contributed by atoms with E-state index in [-0.39, 0.29) is 29.7 Å². The van der Waals surface area contributed by atoms with Crippen LogP contribution in [0.1, 0.15) is 39.0 Å². The van der Waals surface area contributed by atoms with Crippen LogP contribution in [0.2, 0.25) is 0 Å². The number of aliphatic hydroxyl groups excluding tert-OH is 1. The van der Waals surface area contributed by atoms with Crippen LogP contribution in [0.3, 0.4) is 0 Å². The zero-order valence-electron chi connectivity index (χ0n) is 19.5. The number of methoxy groups -OCH3 is 1. The number of aliphatic hydroxyl groups is 2. The van der Waals surface area contributed by atoms with Crippen LogP contribution in [-0.2, 0) is 14.8 Å². The summed E-state index contributed by atoms with van der Waals surface area (Å²) in [5.74, 6) is 0.585. The fourth-order valence-electron chi connectivity index (χ4n) is 4.88. The predicted molar refractivity (Wildman–Crippen MR) is 132 cm³/mol. The summed E-state index contributed by atoms with van der Waals surface area (Å²) in [6.07, 6.45) is 9.06. The molecular formula is C25H33ClFNO5S. The third kappa shape index (κ3) is 5.51. The standard InChI is InChI=1S/C25H33ClFNO5S/c1-4-20(25(26)22(27)5-2)16-7-6-8-19(13-16)34(31,32)28-15-17(9-12-24(29)30)21-14-18(33-3)10-11-23(21)28/h4-5,8,10-11,13,17,21-22,24-25,29-30H,2,6-7,9,12,14-15H2,1,3H3/b20-4-. The zero-order chi connectivity index (χ0) is 25.0. The maximum Gasteiger partial charge on any atom is 0.263 e. The van der Waals surface area contributed by atoms with E-state index < -0.39 is 27.9 Å². The molecule has 2 aliphatic carbocycles. The van der Waals surface area contributed by atoms with Crippen LogP contribution in [0, 0.1) is 11.8 Å². The number of ether oxygens (including phenoxy) is 1. The number of nitrogens with zero attached hydrogens (tertiary/aromatic N) is 1. The van der Waals surface area contributed by atoms with Gasteiger partial charge in [-0.2, -0.15) is 0 Å². The molecule has 9 heteroatoms. The number of hydrogen-bond donors (Lipinski definition) is 2. The maximum atomic E-state index is 14.2. The van der Waals surface area contributed by atoms with Crippen molar-refractivity contribution in [3.05, 3.63) is 70.5 Å². The number of sulfonamides is 1. The zero-order valence-corrected chi connectivity index (χ0v) is 21.1. The van der Waals surface area contributed by atoms with Crippen LogP contribution >= 0.6 is 11.6 Å². The molecule has 0 spiro atoms. The van der Waals surface area contributed by atoms with Gasteiger partial charge in [-0.25, -0.2) is 12.8 Å². The minimum atomic E-state index is -3.88. The summed E-state index contributed by atoms with van der Waals surface area (Å²) in [6.45, 7) is 5.46. The van der Waals surface area contributed by atoms with Gasteiger partial charge in [-0.15, -0.1) is 18.2 Å². The Kier molecular flexibility index (Phi) is 8.84. The molecule has 6 nitrogen and oxygen atoms in total. The first-order chi connectivity index (χ1) is 16.1. The van der Waals surface area contributed by atoms with Crippen LogP contribution < -0.4 is 0 Å². The van der Waals surface area contributed by atoms with E-state index in [0.29, 0.717) is 42.5 Å². The highest BCUT2D eigenvalue weighted by Crippen LogP contribution is 2.45. The molecule has 1 saturated heterocycles. The summed E-state index contributed by atoms with van der Waals surface area (Å²) in [4.78, 5) is 0.162. The van der Waals surface area contributed by atoms with Crippen molar-refractivity contribution in [3.8, 4) is 0 Å². The first-order valence-corrected chi connectivity index (χ1v) is 13.3. The smallest absolute Gasteiger partial charge is 0.263 e. The van der Waals surface area contributed by atoms with E-state index >= 15 is 0 Å². The molecule has 1 fully saturated rings. The van der Waals surface area contributed by atoms with Crippen LogP contribution in [0.4, 0.5) is 4.39 Å². The van der Waals surface area contributed by atoms with Gasteiger partial charge in [-0.1, -0.05) is 18.2 Å². The Bertz CT molecular complexity index is 1040. The van der Waals surface area contributed by atoms with E-state index in [2.05, 4.69) is 6.58 Å². The molecule has 0 aromatic rings. The van der Waals surface area contributed by atoms with Gasteiger partial charge in [0, 0.05) is 24.6 Å². The predicted octanol–water partition coefficient (Wildman–Crippen LogP) is 4.45. The van der Waals surface area contributed by atoms with E-state index in [0.717, 1.165) is 11.8 Å². The van der Waals surface area contributed by atoms with Crippen molar-refractivity contribution in [1.29, 1.82) is 0 Å². The van der Waals surface area contributed by atoms with Crippen molar-refractivity contribution >= 4 is 21.6 Å². The summed E-state index contributed by atoms with van der Waals surface area (Å²) < 4.78 is 48.6. The topological polar surface area (TPSA) is 87.1 Å². The maximum absolute atomic E-state index is 14.2. The summed E-state index contributed by atoms with van der Waals surface area (Å²) in [7, 11) is -2.30. The minimum absolute atomic E-state index is 0.0764. The number of fused-ring (bicyclic) bond motifs is 1. The lowest BCUT2D eigenvalue weighted by Crippen LogP contribution is -2.30. The molecule has 3 aliphatic rings. The van der Waals surface area contributed by atoms with E-state index in [4.69, 9.17) is 16.3 Å². The van der Waals surface area contributed by atoms with Gasteiger partial charge in [0.15, 0.2) is 6.29 Å². The second kappa shape index (κ2) is 11.2. The number of halogens is 2. The third-order valence-corrected chi connectivity index (χ3v) is 9.00. The number of rotatable bonds is 10. The van der Waals surface area contributed by atoms with Crippen molar-refractivity contribution in [1.82, 2.24) is 4.31 Å². The molecule has 0 aromatic heterocycles. The molecule has 4 atom stereocenters. The molecule has 0 saturated carbocycles. The van der Waals surface area contributed by atoms with Gasteiger partial charge in [0.25, 0.3) is 10.0 Å². The Morgan fingerprint density at radius 2 is 2.15 bits per heavy atom. The third-order valence-electron chi connectivity index (χ3n) is 6.70. The van der Waals surface area contributed by atoms with Gasteiger partial charge in [-0.05, 0) is 67.9 Å². The Balaban J connectivity index is 1.93. The van der Waals surface area contributed by atoms with Crippen molar-refractivity contribution in [2.24, 2.45) is 11.8 Å². The number of hydrogen-bond acceptors (Lipinski definition) is 5. The summed E-state index contributed by atoms with van der Waals surface area (Å²) in [6, 6.07) is 0. The highest BCUT2D eigenvalue weighted by atomic mass is 35.5. The van der Waals surface area contributed by atoms with Crippen LogP contribution in [0.15, 0.2) is 70.5 Å². The average Bonchev–Trinajstić information content (AvgIpc) is 3.21. The average molecular weight is 514 g/mol. The highest BCUT2D eigenvalue weighted by molar-refractivity contribution is 7.93. The van der Waals surface area contributed by atoms with Gasteiger partial charge < -0.3 is 14.9 Å². The Labute approximate surface area is 206 Å². The van der Waals surface area contributed by atoms with Crippen molar-refractivity contribution < 1.29 is 27.8 Å². The monoisotopic (exact) mass is 513 g/mol. The molecular weight excluding hydrogens is 481 g/mol. The van der Waals surface area contributed by atoms with E-state index in [1.807, 2.05) is 0 Å². The van der Waals surface area contributed by atoms with Crippen molar-refractivity contribution in [3.63, 3.8) is 0 Å². The fraction of sp³-hybridized carbons (Fsp3) is 0.520. The van der Waals surface area contributed by atoms with Crippen molar-refractivity contribution in [2.45, 2.75) is 56.9 Å². The minimum Gasteiger partial charge on any atom is -0.501 e. The molecule has 0 bridgehead atoms. The Morgan fingerprint density at radius 1 is 1.41 bits per heavy atom. The molecule has 0 aromatic carbocycles. The van der Waals surface area contributed by atoms with E-state index in [9.17, 15) is 23.0 Å². The number of allylic oxidation sites excluding steroid dienone is 10. The normalized spacial score (nSPS) is 25.1. The van der Waals surface area contributed by atoms with Crippen LogP contribution in [0.25, 0.3) is 0 Å². The summed E-state index contributed by atoms with van der Waals surface area (Å²) >= 11 is 6.31. The SMILES string of the molecule is C=CC(F)C(Cl)/C(=C\C)C1=CC(S(=O)(=O)N2CC(CCC(O)O)C3CC(OC)=CC=C32)=CCC1. The van der Waals surface area contributed by atoms with E-state index in [1.165, 1.54) is 4.31 Å². The molecule has 1 aliphatic heterocycles. The first kappa shape index (κ1) is 26.7. The molecule has 0 amide bonds. The van der Waals surface area contributed by atoms with E-state index in [1.54, 1.807) is 44.4 Å². The van der Waals surface area contributed by atoms with Crippen molar-refractivity contribution in [2.75, 3.05) is 13.7 Å². The van der Waals surface area contributed by atoms with Crippen LogP contribution in [0.5, 0.6) is 0 Å². The molecule has 0 radical (unpaired) electrons. The Morgan fingerprint density at radius 3 is 2.76 bits per heavy atom. The quantitative estimate of drug-likeness (QED) is 0.256. The van der Waals surface area contributed by atoms with Gasteiger partial charge in [-0.3, -0.25) is 4.31 Å². The highest BCUT2D eigenvalue weighted by Gasteiger charge is 2.44. The molecule has 188 valence electrons. The largest absolute Gasteiger partial charge is 0.501 e. The molecule has 1 heterocycles. The Hall–Kier alpha value is -1.87. The second-order valence-electron chi connectivity index (χ2n) is 8.73. The van der Waals surface area contributed by atoms with Gasteiger partial charge in [0.05, 0.1) is 23.2 Å². The molecule has 3 rings (SSSR count). The van der Waals surface area contributed by atoms with Crippen LogP contribution in [-0.4, -0.2) is 54.4 Å². The summed E-state index contributed by atoms with van der Waals surface area (Å²) in [5.41, 5.74) is 1.94. The van der Waals surface area contributed by atoms with Gasteiger partial charge >= 0.3 is 0 Å². The second-order valence-corrected chi connectivity index (χ2v) is 11.1. The molecule has 2 N–H and O–H groups in total. The lowest BCUT2D eigenvalue weighted by atomic mass is 9.84. The lowest BCUT2D eigenvalue weighted by molar-refractivity contribution is -0.0493. The lowest BCUT2D eigenvalue weighted by Gasteiger charge is -2.27.